The summed E-state index contributed by atoms with van der Waals surface area (Å²) in [5.41, 5.74) is 2.76. The molecule has 8 heteroatoms. The Kier molecular flexibility index (Phi) is 4.54. The fraction of sp³-hybridized carbons (Fsp3) is 0.333. The minimum Gasteiger partial charge on any atom is -0.354 e. The average molecular weight is 390 g/mol. The Morgan fingerprint density at radius 1 is 1.31 bits per heavy atom. The summed E-state index contributed by atoms with van der Waals surface area (Å²) < 4.78 is 25.6. The lowest BCUT2D eigenvalue weighted by Crippen LogP contribution is -2.35. The molecule has 2 aromatic heterocycles. The summed E-state index contributed by atoms with van der Waals surface area (Å²) in [6.45, 7) is 0.202. The van der Waals surface area contributed by atoms with Crippen LogP contribution in [0.2, 0.25) is 0 Å². The zero-order valence-electron chi connectivity index (χ0n) is 14.1. The Bertz CT molecular complexity index is 1040. The summed E-state index contributed by atoms with van der Waals surface area (Å²) in [6, 6.07) is 9.90. The molecule has 3 aromatic rings. The molecule has 1 aliphatic rings. The predicted octanol–water partition coefficient (Wildman–Crippen LogP) is 2.30. The number of rotatable bonds is 5. The number of thiazole rings is 1. The van der Waals surface area contributed by atoms with E-state index in [1.54, 1.807) is 0 Å². The van der Waals surface area contributed by atoms with Gasteiger partial charge in [0.2, 0.25) is 5.91 Å². The fourth-order valence-electron chi connectivity index (χ4n) is 3.25. The third-order valence-corrected chi connectivity index (χ3v) is 7.85. The Balaban J connectivity index is 1.45. The van der Waals surface area contributed by atoms with E-state index >= 15 is 0 Å². The molecular formula is C18H19N3O3S2. The maximum Gasteiger partial charge on any atom is 0.226 e. The Hall–Kier alpha value is -2.19. The predicted molar refractivity (Wildman–Crippen MR) is 102 cm³/mol. The van der Waals surface area contributed by atoms with Gasteiger partial charge in [-0.25, -0.2) is 13.4 Å². The van der Waals surface area contributed by atoms with Crippen molar-refractivity contribution in [1.82, 2.24) is 14.7 Å². The molecular weight excluding hydrogens is 370 g/mol. The van der Waals surface area contributed by atoms with Crippen molar-refractivity contribution in [3.05, 3.63) is 47.6 Å². The second-order valence-corrected chi connectivity index (χ2v) is 9.72. The van der Waals surface area contributed by atoms with E-state index in [1.165, 1.54) is 11.3 Å². The molecule has 1 saturated heterocycles. The molecule has 1 unspecified atom stereocenters. The van der Waals surface area contributed by atoms with Gasteiger partial charge in [-0.3, -0.25) is 9.20 Å². The van der Waals surface area contributed by atoms with Crippen LogP contribution in [0.25, 0.3) is 16.2 Å². The Labute approximate surface area is 155 Å². The number of sulfone groups is 1. The van der Waals surface area contributed by atoms with E-state index in [2.05, 4.69) is 10.3 Å². The number of aromatic nitrogens is 2. The van der Waals surface area contributed by atoms with Gasteiger partial charge in [-0.05, 0) is 12.8 Å². The number of carbonyl (C=O) groups excluding carboxylic acids is 1. The zero-order valence-corrected chi connectivity index (χ0v) is 15.7. The van der Waals surface area contributed by atoms with Crippen LogP contribution in [0.1, 0.15) is 18.5 Å². The molecule has 26 heavy (non-hydrogen) atoms. The number of nitrogens with one attached hydrogen (secondary N) is 1. The van der Waals surface area contributed by atoms with E-state index in [4.69, 9.17) is 0 Å². The molecule has 1 aliphatic heterocycles. The molecule has 1 atom stereocenters. The lowest BCUT2D eigenvalue weighted by atomic mass is 10.2. The Morgan fingerprint density at radius 3 is 2.85 bits per heavy atom. The van der Waals surface area contributed by atoms with Gasteiger partial charge in [0.05, 0.1) is 23.1 Å². The number of amides is 1. The van der Waals surface area contributed by atoms with E-state index in [9.17, 15) is 13.2 Å². The molecule has 0 radical (unpaired) electrons. The molecule has 1 fully saturated rings. The first-order valence-corrected chi connectivity index (χ1v) is 11.1. The highest BCUT2D eigenvalue weighted by molar-refractivity contribution is 7.92. The summed E-state index contributed by atoms with van der Waals surface area (Å²) in [5, 5.41) is 4.26. The first-order valence-electron chi connectivity index (χ1n) is 8.52. The van der Waals surface area contributed by atoms with Crippen molar-refractivity contribution in [2.24, 2.45) is 0 Å². The van der Waals surface area contributed by atoms with E-state index in [-0.39, 0.29) is 24.6 Å². The van der Waals surface area contributed by atoms with Crippen molar-refractivity contribution in [1.29, 1.82) is 0 Å². The Morgan fingerprint density at radius 2 is 2.12 bits per heavy atom. The van der Waals surface area contributed by atoms with Crippen molar-refractivity contribution < 1.29 is 13.2 Å². The number of hydrogen-bond donors (Lipinski definition) is 1. The van der Waals surface area contributed by atoms with Gasteiger partial charge in [-0.15, -0.1) is 11.3 Å². The number of carbonyl (C=O) groups is 1. The third-order valence-electron chi connectivity index (χ3n) is 4.68. The third kappa shape index (κ3) is 3.39. The molecule has 136 valence electrons. The zero-order chi connectivity index (χ0) is 18.1. The highest BCUT2D eigenvalue weighted by atomic mass is 32.2. The van der Waals surface area contributed by atoms with Crippen LogP contribution < -0.4 is 5.32 Å². The normalized spacial score (nSPS) is 19.0. The average Bonchev–Trinajstić information content (AvgIpc) is 3.29. The molecule has 1 aromatic carbocycles. The quantitative estimate of drug-likeness (QED) is 0.726. The van der Waals surface area contributed by atoms with E-state index in [0.717, 1.165) is 21.9 Å². The van der Waals surface area contributed by atoms with Crippen LogP contribution in [0.5, 0.6) is 0 Å². The van der Waals surface area contributed by atoms with Gasteiger partial charge in [0.1, 0.15) is 0 Å². The van der Waals surface area contributed by atoms with Crippen LogP contribution >= 0.6 is 11.3 Å². The van der Waals surface area contributed by atoms with E-state index in [1.807, 2.05) is 46.3 Å². The second-order valence-electron chi connectivity index (χ2n) is 6.48. The molecule has 3 heterocycles. The summed E-state index contributed by atoms with van der Waals surface area (Å²) in [7, 11) is -3.03. The topological polar surface area (TPSA) is 80.5 Å². The minimum absolute atomic E-state index is 0.165. The lowest BCUT2D eigenvalue weighted by Gasteiger charge is -2.10. The molecule has 0 bridgehead atoms. The van der Waals surface area contributed by atoms with Crippen molar-refractivity contribution in [2.45, 2.75) is 24.5 Å². The van der Waals surface area contributed by atoms with Crippen LogP contribution in [-0.4, -0.2) is 41.3 Å². The fourth-order valence-corrected chi connectivity index (χ4v) is 5.88. The first kappa shape index (κ1) is 17.2. The highest BCUT2D eigenvalue weighted by Gasteiger charge is 2.31. The maximum atomic E-state index is 12.3. The summed E-state index contributed by atoms with van der Waals surface area (Å²) in [6.07, 6.45) is 3.46. The standard InChI is InChI=1S/C18H19N3O3S2/c22-17(19-10-15-7-4-8-26(15,23)24)9-14-12-25-18-20-16(11-21(14)18)13-5-2-1-3-6-13/h1-3,5-6,11-12,15H,4,7-10H2,(H,19,22). The monoisotopic (exact) mass is 389 g/mol. The summed E-state index contributed by atoms with van der Waals surface area (Å²) in [4.78, 5) is 17.7. The van der Waals surface area contributed by atoms with Gasteiger partial charge < -0.3 is 5.32 Å². The molecule has 6 nitrogen and oxygen atoms in total. The van der Waals surface area contributed by atoms with Crippen molar-refractivity contribution >= 4 is 32.0 Å². The van der Waals surface area contributed by atoms with Gasteiger partial charge in [-0.1, -0.05) is 30.3 Å². The molecule has 4 rings (SSSR count). The van der Waals surface area contributed by atoms with Crippen molar-refractivity contribution in [3.8, 4) is 11.3 Å². The number of imidazole rings is 1. The van der Waals surface area contributed by atoms with E-state index in [0.29, 0.717) is 12.8 Å². The maximum absolute atomic E-state index is 12.3. The second kappa shape index (κ2) is 6.85. The van der Waals surface area contributed by atoms with E-state index < -0.39 is 15.1 Å². The van der Waals surface area contributed by atoms with Gasteiger partial charge in [-0.2, -0.15) is 0 Å². The molecule has 0 saturated carbocycles. The highest BCUT2D eigenvalue weighted by Crippen LogP contribution is 2.24. The first-order chi connectivity index (χ1) is 12.5. The number of benzene rings is 1. The van der Waals surface area contributed by atoms with Crippen LogP contribution in [0.4, 0.5) is 0 Å². The lowest BCUT2D eigenvalue weighted by molar-refractivity contribution is -0.120. The number of nitrogens with zero attached hydrogens (tertiary/aromatic N) is 2. The number of fused-ring (bicyclic) bond motifs is 1. The van der Waals surface area contributed by atoms with Gasteiger partial charge in [0.15, 0.2) is 14.8 Å². The summed E-state index contributed by atoms with van der Waals surface area (Å²) >= 11 is 1.49. The van der Waals surface area contributed by atoms with Crippen molar-refractivity contribution in [3.63, 3.8) is 0 Å². The van der Waals surface area contributed by atoms with Crippen LogP contribution in [0, 0.1) is 0 Å². The number of hydrogen-bond acceptors (Lipinski definition) is 5. The SMILES string of the molecule is O=C(Cc1csc2nc(-c3ccccc3)cn12)NCC1CCCS1(=O)=O. The smallest absolute Gasteiger partial charge is 0.226 e. The van der Waals surface area contributed by atoms with Gasteiger partial charge >= 0.3 is 0 Å². The van der Waals surface area contributed by atoms with Crippen LogP contribution in [-0.2, 0) is 21.1 Å². The molecule has 1 amide bonds. The largest absolute Gasteiger partial charge is 0.354 e. The molecule has 1 N–H and O–H groups in total. The van der Waals surface area contributed by atoms with Crippen LogP contribution in [0.15, 0.2) is 41.9 Å². The molecule has 0 spiro atoms. The summed E-state index contributed by atoms with van der Waals surface area (Å²) in [5.74, 6) is 0.0671. The minimum atomic E-state index is -3.03. The van der Waals surface area contributed by atoms with Crippen LogP contribution in [0.3, 0.4) is 0 Å². The van der Waals surface area contributed by atoms with Gasteiger partial charge in [0.25, 0.3) is 0 Å². The van der Waals surface area contributed by atoms with Crippen molar-refractivity contribution in [2.75, 3.05) is 12.3 Å². The molecule has 0 aliphatic carbocycles. The van der Waals surface area contributed by atoms with Gasteiger partial charge in [0, 0.05) is 29.4 Å².